The summed E-state index contributed by atoms with van der Waals surface area (Å²) >= 11 is 0. The molecule has 0 atom stereocenters. The molecule has 1 saturated heterocycles. The molecule has 1 aromatic carbocycles. The first kappa shape index (κ1) is 18.0. The van der Waals surface area contributed by atoms with E-state index in [0.717, 1.165) is 36.8 Å². The van der Waals surface area contributed by atoms with Gasteiger partial charge in [0.1, 0.15) is 12.0 Å². The average molecular weight is 318 g/mol. The maximum atomic E-state index is 10.2. The lowest BCUT2D eigenvalue weighted by Crippen LogP contribution is -2.41. The van der Waals surface area contributed by atoms with Crippen molar-refractivity contribution in [3.8, 4) is 5.75 Å². The van der Waals surface area contributed by atoms with Crippen LogP contribution in [-0.4, -0.2) is 31.2 Å². The summed E-state index contributed by atoms with van der Waals surface area (Å²) in [6.45, 7) is 8.88. The molecule has 23 heavy (non-hydrogen) atoms. The van der Waals surface area contributed by atoms with Gasteiger partial charge in [-0.3, -0.25) is 0 Å². The fraction of sp³-hybridized carbons (Fsp3) is 0.611. The smallest absolute Gasteiger partial charge is 0.494 e. The van der Waals surface area contributed by atoms with E-state index >= 15 is 0 Å². The van der Waals surface area contributed by atoms with Crippen LogP contribution in [0.1, 0.15) is 53.4 Å². The van der Waals surface area contributed by atoms with Gasteiger partial charge in [-0.1, -0.05) is 12.1 Å². The van der Waals surface area contributed by atoms with Crippen LogP contribution in [0.15, 0.2) is 24.3 Å². The van der Waals surface area contributed by atoms with E-state index < -0.39 is 0 Å². The Morgan fingerprint density at radius 3 is 2.17 bits per heavy atom. The number of hydrogen-bond donors (Lipinski definition) is 0. The van der Waals surface area contributed by atoms with Gasteiger partial charge in [0, 0.05) is 6.42 Å². The molecule has 0 bridgehead atoms. The van der Waals surface area contributed by atoms with Gasteiger partial charge in [0.15, 0.2) is 0 Å². The molecule has 5 heteroatoms. The number of benzene rings is 1. The van der Waals surface area contributed by atoms with Gasteiger partial charge in [-0.05, 0) is 64.6 Å². The van der Waals surface area contributed by atoms with Crippen LogP contribution in [0, 0.1) is 0 Å². The lowest BCUT2D eigenvalue weighted by molar-refractivity contribution is -0.107. The molecular weight excluding hydrogens is 291 g/mol. The second-order valence-corrected chi connectivity index (χ2v) is 7.02. The summed E-state index contributed by atoms with van der Waals surface area (Å²) in [4.78, 5) is 10.2. The summed E-state index contributed by atoms with van der Waals surface area (Å²) in [5.74, 6) is 0.848. The zero-order chi connectivity index (χ0) is 16.9. The molecule has 0 spiro atoms. The van der Waals surface area contributed by atoms with Crippen LogP contribution in [-0.2, 0) is 14.1 Å². The lowest BCUT2D eigenvalue weighted by Gasteiger charge is -2.32. The minimum Gasteiger partial charge on any atom is -0.494 e. The zero-order valence-electron chi connectivity index (χ0n) is 14.6. The standard InChI is InChI=1S/C18H27BO4/c1-17(2)18(3,4)23-19(22-17)15-9-11-16(12-10-15)21-14-8-6-5-7-13-20/h9-13H,5-8,14H2,1-4H3. The van der Waals surface area contributed by atoms with E-state index in [4.69, 9.17) is 14.0 Å². The molecule has 1 heterocycles. The second-order valence-electron chi connectivity index (χ2n) is 7.02. The van der Waals surface area contributed by atoms with E-state index in [-0.39, 0.29) is 18.3 Å². The maximum absolute atomic E-state index is 10.2. The molecule has 1 aliphatic heterocycles. The van der Waals surface area contributed by atoms with Crippen LogP contribution < -0.4 is 10.2 Å². The van der Waals surface area contributed by atoms with Gasteiger partial charge in [-0.25, -0.2) is 0 Å². The van der Waals surface area contributed by atoms with Gasteiger partial charge in [-0.15, -0.1) is 0 Å². The Balaban J connectivity index is 1.82. The van der Waals surface area contributed by atoms with Crippen LogP contribution in [0.4, 0.5) is 0 Å². The van der Waals surface area contributed by atoms with Crippen LogP contribution in [0.3, 0.4) is 0 Å². The zero-order valence-corrected chi connectivity index (χ0v) is 14.6. The van der Waals surface area contributed by atoms with Crippen LogP contribution in [0.2, 0.25) is 0 Å². The first-order chi connectivity index (χ1) is 10.9. The van der Waals surface area contributed by atoms with Gasteiger partial charge < -0.3 is 18.8 Å². The Morgan fingerprint density at radius 1 is 1.00 bits per heavy atom. The van der Waals surface area contributed by atoms with Crippen molar-refractivity contribution in [1.29, 1.82) is 0 Å². The van der Waals surface area contributed by atoms with Gasteiger partial charge in [0.2, 0.25) is 0 Å². The minimum absolute atomic E-state index is 0.325. The van der Waals surface area contributed by atoms with Crippen LogP contribution in [0.5, 0.6) is 5.75 Å². The third kappa shape index (κ3) is 4.58. The third-order valence-electron chi connectivity index (χ3n) is 4.64. The Kier molecular flexibility index (Phi) is 5.87. The van der Waals surface area contributed by atoms with E-state index in [9.17, 15) is 4.79 Å². The molecule has 0 aromatic heterocycles. The Morgan fingerprint density at radius 2 is 1.61 bits per heavy atom. The molecule has 0 saturated carbocycles. The van der Waals surface area contributed by atoms with Crippen molar-refractivity contribution >= 4 is 18.9 Å². The molecule has 1 fully saturated rings. The first-order valence-electron chi connectivity index (χ1n) is 8.38. The summed E-state index contributed by atoms with van der Waals surface area (Å²) in [5.41, 5.74) is 0.352. The monoisotopic (exact) mass is 318 g/mol. The minimum atomic E-state index is -0.336. The number of carbonyl (C=O) groups is 1. The van der Waals surface area contributed by atoms with Crippen LogP contribution >= 0.6 is 0 Å². The summed E-state index contributed by atoms with van der Waals surface area (Å²) < 4.78 is 17.8. The van der Waals surface area contributed by atoms with Crippen molar-refractivity contribution in [2.75, 3.05) is 6.61 Å². The van der Waals surface area contributed by atoms with E-state index in [1.807, 2.05) is 24.3 Å². The topological polar surface area (TPSA) is 44.8 Å². The molecule has 0 radical (unpaired) electrons. The number of rotatable bonds is 8. The summed E-state index contributed by atoms with van der Waals surface area (Å²) in [6.07, 6.45) is 4.53. The summed E-state index contributed by atoms with van der Waals surface area (Å²) in [5, 5.41) is 0. The molecule has 1 aromatic rings. The molecule has 0 aliphatic carbocycles. The van der Waals surface area contributed by atoms with E-state index in [1.165, 1.54) is 0 Å². The van der Waals surface area contributed by atoms with E-state index in [1.54, 1.807) is 0 Å². The van der Waals surface area contributed by atoms with Crippen molar-refractivity contribution in [2.24, 2.45) is 0 Å². The fourth-order valence-electron chi connectivity index (χ4n) is 2.40. The molecule has 2 rings (SSSR count). The average Bonchev–Trinajstić information content (AvgIpc) is 2.72. The number of ether oxygens (including phenoxy) is 1. The van der Waals surface area contributed by atoms with Crippen molar-refractivity contribution in [1.82, 2.24) is 0 Å². The Hall–Kier alpha value is -1.33. The first-order valence-corrected chi connectivity index (χ1v) is 8.38. The van der Waals surface area contributed by atoms with E-state index in [0.29, 0.717) is 13.0 Å². The highest BCUT2D eigenvalue weighted by atomic mass is 16.7. The van der Waals surface area contributed by atoms with Gasteiger partial charge >= 0.3 is 7.12 Å². The Labute approximate surface area is 139 Å². The SMILES string of the molecule is CC1(C)OB(c2ccc(OCCCCCC=O)cc2)OC1(C)C. The van der Waals surface area contributed by atoms with Gasteiger partial charge in [0.25, 0.3) is 0 Å². The van der Waals surface area contributed by atoms with Gasteiger partial charge in [-0.2, -0.15) is 0 Å². The third-order valence-corrected chi connectivity index (χ3v) is 4.64. The molecule has 0 amide bonds. The number of unbranched alkanes of at least 4 members (excludes halogenated alkanes) is 3. The second kappa shape index (κ2) is 7.50. The van der Waals surface area contributed by atoms with E-state index in [2.05, 4.69) is 27.7 Å². The largest absolute Gasteiger partial charge is 0.494 e. The maximum Gasteiger partial charge on any atom is 0.494 e. The Bertz CT molecular complexity index is 494. The predicted octanol–water partition coefficient (Wildman–Crippen LogP) is 3.12. The molecule has 126 valence electrons. The fourth-order valence-corrected chi connectivity index (χ4v) is 2.40. The highest BCUT2D eigenvalue weighted by Crippen LogP contribution is 2.36. The van der Waals surface area contributed by atoms with Crippen molar-refractivity contribution < 1.29 is 18.8 Å². The normalized spacial score (nSPS) is 18.9. The van der Waals surface area contributed by atoms with Crippen molar-refractivity contribution in [3.63, 3.8) is 0 Å². The summed E-state index contributed by atoms with van der Waals surface area (Å²) in [7, 11) is -0.336. The number of aldehydes is 1. The highest BCUT2D eigenvalue weighted by molar-refractivity contribution is 6.62. The van der Waals surface area contributed by atoms with Gasteiger partial charge in [0.05, 0.1) is 17.8 Å². The molecule has 0 N–H and O–H groups in total. The van der Waals surface area contributed by atoms with Crippen molar-refractivity contribution in [2.45, 2.75) is 64.6 Å². The molecule has 0 unspecified atom stereocenters. The highest BCUT2D eigenvalue weighted by Gasteiger charge is 2.51. The lowest BCUT2D eigenvalue weighted by atomic mass is 9.79. The molecular formula is C18H27BO4. The number of carbonyl (C=O) groups excluding carboxylic acids is 1. The quantitative estimate of drug-likeness (QED) is 0.420. The number of hydrogen-bond acceptors (Lipinski definition) is 4. The summed E-state index contributed by atoms with van der Waals surface area (Å²) in [6, 6.07) is 7.88. The predicted molar refractivity (Wildman–Crippen MR) is 92.2 cm³/mol. The van der Waals surface area contributed by atoms with Crippen molar-refractivity contribution in [3.05, 3.63) is 24.3 Å². The van der Waals surface area contributed by atoms with Crippen LogP contribution in [0.25, 0.3) is 0 Å². The molecule has 1 aliphatic rings. The molecule has 4 nitrogen and oxygen atoms in total.